The summed E-state index contributed by atoms with van der Waals surface area (Å²) in [5, 5.41) is 3.62. The fourth-order valence-corrected chi connectivity index (χ4v) is 1.97. The summed E-state index contributed by atoms with van der Waals surface area (Å²) in [5.41, 5.74) is 7.60. The molecule has 6 heteroatoms. The Morgan fingerprint density at radius 3 is 2.74 bits per heavy atom. The van der Waals surface area contributed by atoms with E-state index < -0.39 is 0 Å². The van der Waals surface area contributed by atoms with Gasteiger partial charge in [0.25, 0.3) is 5.91 Å². The molecule has 0 spiro atoms. The van der Waals surface area contributed by atoms with Crippen LogP contribution in [0.1, 0.15) is 15.9 Å². The van der Waals surface area contributed by atoms with Crippen LogP contribution in [0.15, 0.2) is 30.6 Å². The number of aromatic nitrogens is 1. The lowest BCUT2D eigenvalue weighted by molar-refractivity contribution is 0.102. The smallest absolute Gasteiger partial charge is 0.257 e. The highest BCUT2D eigenvalue weighted by Crippen LogP contribution is 2.29. The number of anilines is 2. The van der Waals surface area contributed by atoms with E-state index in [-0.39, 0.29) is 5.91 Å². The van der Waals surface area contributed by atoms with E-state index in [1.54, 1.807) is 12.1 Å². The number of rotatable bonds is 2. The number of pyridine rings is 1. The lowest BCUT2D eigenvalue weighted by atomic mass is 10.2. The number of hydrogen-bond acceptors (Lipinski definition) is 3. The van der Waals surface area contributed by atoms with Crippen LogP contribution in [0.5, 0.6) is 0 Å². The molecule has 1 amide bonds. The zero-order valence-electron chi connectivity index (χ0n) is 10.1. The maximum absolute atomic E-state index is 12.1. The summed E-state index contributed by atoms with van der Waals surface area (Å²) in [7, 11) is 0. The van der Waals surface area contributed by atoms with E-state index in [0.29, 0.717) is 27.0 Å². The van der Waals surface area contributed by atoms with Gasteiger partial charge in [0.05, 0.1) is 28.2 Å². The second kappa shape index (κ2) is 5.47. The minimum atomic E-state index is -0.360. The topological polar surface area (TPSA) is 68.0 Å². The molecule has 98 valence electrons. The highest BCUT2D eigenvalue weighted by molar-refractivity contribution is 6.36. The van der Waals surface area contributed by atoms with Crippen LogP contribution in [-0.2, 0) is 0 Å². The maximum atomic E-state index is 12.1. The van der Waals surface area contributed by atoms with E-state index in [1.807, 2.05) is 6.92 Å². The lowest BCUT2D eigenvalue weighted by Gasteiger charge is -2.10. The van der Waals surface area contributed by atoms with E-state index in [2.05, 4.69) is 10.3 Å². The molecule has 3 N–H and O–H groups in total. The lowest BCUT2D eigenvalue weighted by Crippen LogP contribution is -2.14. The zero-order chi connectivity index (χ0) is 14.0. The summed E-state index contributed by atoms with van der Waals surface area (Å²) in [4.78, 5) is 15.9. The van der Waals surface area contributed by atoms with Gasteiger partial charge in [-0.2, -0.15) is 0 Å². The fraction of sp³-hybridized carbons (Fsp3) is 0.0769. The van der Waals surface area contributed by atoms with E-state index in [9.17, 15) is 4.79 Å². The summed E-state index contributed by atoms with van der Waals surface area (Å²) in [6, 6.07) is 4.83. The number of aryl methyl sites for hydroxylation is 1. The predicted octanol–water partition coefficient (Wildman–Crippen LogP) is 3.53. The SMILES string of the molecule is Cc1cc(Cl)c(NC(=O)c2ccncc2N)cc1Cl. The van der Waals surface area contributed by atoms with Gasteiger partial charge in [-0.05, 0) is 30.7 Å². The van der Waals surface area contributed by atoms with Gasteiger partial charge in [-0.1, -0.05) is 23.2 Å². The van der Waals surface area contributed by atoms with Crippen LogP contribution in [-0.4, -0.2) is 10.9 Å². The summed E-state index contributed by atoms with van der Waals surface area (Å²) < 4.78 is 0. The Balaban J connectivity index is 2.30. The van der Waals surface area contributed by atoms with Gasteiger partial charge in [-0.3, -0.25) is 9.78 Å². The summed E-state index contributed by atoms with van der Waals surface area (Å²) in [6.07, 6.45) is 2.91. The summed E-state index contributed by atoms with van der Waals surface area (Å²) in [5.74, 6) is -0.360. The Labute approximate surface area is 120 Å². The molecule has 0 aliphatic carbocycles. The average Bonchev–Trinajstić information content (AvgIpc) is 2.36. The Hall–Kier alpha value is -1.78. The number of carbonyl (C=O) groups is 1. The maximum Gasteiger partial charge on any atom is 0.257 e. The van der Waals surface area contributed by atoms with Crippen molar-refractivity contribution in [2.24, 2.45) is 0 Å². The van der Waals surface area contributed by atoms with Gasteiger partial charge in [0.2, 0.25) is 0 Å². The van der Waals surface area contributed by atoms with Crippen LogP contribution in [0, 0.1) is 6.92 Å². The Morgan fingerprint density at radius 2 is 2.05 bits per heavy atom. The standard InChI is InChI=1S/C13H11Cl2N3O/c1-7-4-10(15)12(5-9(7)14)18-13(19)8-2-3-17-6-11(8)16/h2-6H,16H2,1H3,(H,18,19). The summed E-state index contributed by atoms with van der Waals surface area (Å²) >= 11 is 12.1. The zero-order valence-corrected chi connectivity index (χ0v) is 11.6. The van der Waals surface area contributed by atoms with Gasteiger partial charge in [0, 0.05) is 11.2 Å². The average molecular weight is 296 g/mol. The van der Waals surface area contributed by atoms with Gasteiger partial charge < -0.3 is 11.1 Å². The van der Waals surface area contributed by atoms with Crippen molar-refractivity contribution in [1.29, 1.82) is 0 Å². The van der Waals surface area contributed by atoms with E-state index in [0.717, 1.165) is 5.56 Å². The molecule has 4 nitrogen and oxygen atoms in total. The monoisotopic (exact) mass is 295 g/mol. The number of benzene rings is 1. The van der Waals surface area contributed by atoms with Gasteiger partial charge in [-0.25, -0.2) is 0 Å². The van der Waals surface area contributed by atoms with Crippen molar-refractivity contribution in [1.82, 2.24) is 4.98 Å². The van der Waals surface area contributed by atoms with Gasteiger partial charge in [0.15, 0.2) is 0 Å². The largest absolute Gasteiger partial charge is 0.397 e. The molecular formula is C13H11Cl2N3O. The van der Waals surface area contributed by atoms with E-state index in [4.69, 9.17) is 28.9 Å². The number of halogens is 2. The summed E-state index contributed by atoms with van der Waals surface area (Å²) in [6.45, 7) is 1.83. The van der Waals surface area contributed by atoms with Crippen molar-refractivity contribution in [3.8, 4) is 0 Å². The Kier molecular flexibility index (Phi) is 3.93. The van der Waals surface area contributed by atoms with Gasteiger partial charge in [-0.15, -0.1) is 0 Å². The number of amides is 1. The third-order valence-electron chi connectivity index (χ3n) is 2.59. The highest BCUT2D eigenvalue weighted by Gasteiger charge is 2.12. The van der Waals surface area contributed by atoms with Crippen molar-refractivity contribution >= 4 is 40.5 Å². The molecule has 0 saturated carbocycles. The van der Waals surface area contributed by atoms with E-state index in [1.165, 1.54) is 18.5 Å². The van der Waals surface area contributed by atoms with Gasteiger partial charge >= 0.3 is 0 Å². The predicted molar refractivity (Wildman–Crippen MR) is 77.8 cm³/mol. The first-order valence-corrected chi connectivity index (χ1v) is 6.21. The van der Waals surface area contributed by atoms with Crippen molar-refractivity contribution in [2.75, 3.05) is 11.1 Å². The molecule has 0 aliphatic rings. The first-order valence-electron chi connectivity index (χ1n) is 5.45. The number of hydrogen-bond donors (Lipinski definition) is 2. The van der Waals surface area contributed by atoms with Crippen LogP contribution in [0.25, 0.3) is 0 Å². The Morgan fingerprint density at radius 1 is 1.32 bits per heavy atom. The molecule has 0 unspecified atom stereocenters. The second-order valence-corrected chi connectivity index (χ2v) is 4.81. The molecule has 1 aromatic carbocycles. The molecule has 0 bridgehead atoms. The first-order chi connectivity index (χ1) is 8.99. The molecular weight excluding hydrogens is 285 g/mol. The minimum Gasteiger partial charge on any atom is -0.397 e. The number of nitrogens with one attached hydrogen (secondary N) is 1. The normalized spacial score (nSPS) is 10.3. The Bertz CT molecular complexity index is 644. The fourth-order valence-electron chi connectivity index (χ4n) is 1.55. The van der Waals surface area contributed by atoms with Crippen LogP contribution in [0.4, 0.5) is 11.4 Å². The third-order valence-corrected chi connectivity index (χ3v) is 3.31. The number of carbonyl (C=O) groups excluding carboxylic acids is 1. The van der Waals surface area contributed by atoms with Crippen molar-refractivity contribution < 1.29 is 4.79 Å². The molecule has 1 heterocycles. The second-order valence-electron chi connectivity index (χ2n) is 4.00. The van der Waals surface area contributed by atoms with Crippen molar-refractivity contribution in [3.05, 3.63) is 51.8 Å². The molecule has 0 fully saturated rings. The molecule has 0 saturated heterocycles. The number of nitrogens with zero attached hydrogens (tertiary/aromatic N) is 1. The molecule has 2 rings (SSSR count). The minimum absolute atomic E-state index is 0.300. The van der Waals surface area contributed by atoms with Crippen LogP contribution in [0.3, 0.4) is 0 Å². The molecule has 1 aromatic heterocycles. The molecule has 0 radical (unpaired) electrons. The molecule has 19 heavy (non-hydrogen) atoms. The molecule has 2 aromatic rings. The third kappa shape index (κ3) is 2.97. The van der Waals surface area contributed by atoms with Crippen LogP contribution >= 0.6 is 23.2 Å². The van der Waals surface area contributed by atoms with Crippen molar-refractivity contribution in [2.45, 2.75) is 6.92 Å². The molecule has 0 aliphatic heterocycles. The van der Waals surface area contributed by atoms with Crippen molar-refractivity contribution in [3.63, 3.8) is 0 Å². The van der Waals surface area contributed by atoms with Crippen LogP contribution < -0.4 is 11.1 Å². The number of nitrogen functional groups attached to an aromatic ring is 1. The highest BCUT2D eigenvalue weighted by atomic mass is 35.5. The number of nitrogens with two attached hydrogens (primary N) is 1. The van der Waals surface area contributed by atoms with Gasteiger partial charge in [0.1, 0.15) is 0 Å². The van der Waals surface area contributed by atoms with Crippen LogP contribution in [0.2, 0.25) is 10.0 Å². The molecule has 0 atom stereocenters. The quantitative estimate of drug-likeness (QED) is 0.890. The first kappa shape index (κ1) is 13.6. The van der Waals surface area contributed by atoms with E-state index >= 15 is 0 Å².